The minimum absolute atomic E-state index is 0.0617. The number of hydrogen-bond donors (Lipinski definition) is 0. The van der Waals surface area contributed by atoms with E-state index in [2.05, 4.69) is 65.8 Å². The third-order valence-corrected chi connectivity index (χ3v) is 8.62. The van der Waals surface area contributed by atoms with Crippen molar-refractivity contribution < 1.29 is 0 Å². The van der Waals surface area contributed by atoms with Gasteiger partial charge in [-0.2, -0.15) is 0 Å². The zero-order valence-electron chi connectivity index (χ0n) is 6.83. The molecule has 0 fully saturated rings. The van der Waals surface area contributed by atoms with E-state index in [-0.39, 0.29) is 9.52 Å². The van der Waals surface area contributed by atoms with E-state index in [1.165, 1.54) is 12.1 Å². The van der Waals surface area contributed by atoms with Crippen LogP contribution in [0.1, 0.15) is 13.8 Å². The van der Waals surface area contributed by atoms with Crippen LogP contribution < -0.4 is 0 Å². The second-order valence-electron chi connectivity index (χ2n) is 2.60. The van der Waals surface area contributed by atoms with E-state index in [1.54, 1.807) is 5.20 Å². The van der Waals surface area contributed by atoms with E-state index < -0.39 is 3.93 Å². The predicted molar refractivity (Wildman–Crippen MR) is 70.1 cm³/mol. The molecule has 0 aliphatic carbocycles. The summed E-state index contributed by atoms with van der Waals surface area (Å²) in [7, 11) is 0.0617. The Hall–Kier alpha value is 1.61. The molecule has 0 spiro atoms. The number of hydrogen-bond acceptors (Lipinski definition) is 0. The van der Waals surface area contributed by atoms with E-state index in [4.69, 9.17) is 0 Å². The Morgan fingerprint density at radius 3 is 2.36 bits per heavy atom. The molecule has 0 aliphatic rings. The summed E-state index contributed by atoms with van der Waals surface area (Å²) in [6, 6.07) is 2.68. The first kappa shape index (κ1) is 12.6. The van der Waals surface area contributed by atoms with Gasteiger partial charge in [0.15, 0.2) is 0 Å². The van der Waals surface area contributed by atoms with Gasteiger partial charge in [-0.1, -0.05) is 63.2 Å². The maximum atomic E-state index is 3.63. The topological polar surface area (TPSA) is 0 Å². The maximum Gasteiger partial charge on any atom is 0.267 e. The molecule has 0 nitrogen and oxygen atoms in total. The van der Waals surface area contributed by atoms with Crippen LogP contribution in [0.2, 0.25) is 12.1 Å². The van der Waals surface area contributed by atoms with Gasteiger partial charge < -0.3 is 0 Å². The van der Waals surface area contributed by atoms with Crippen LogP contribution in [-0.4, -0.2) is 13.5 Å². The first-order chi connectivity index (χ1) is 4.95. The molecular weight excluding hydrogens is 368 g/mol. The van der Waals surface area contributed by atoms with E-state index >= 15 is 0 Å². The highest BCUT2D eigenvalue weighted by molar-refractivity contribution is 9.72. The third-order valence-electron chi connectivity index (χ3n) is 1.52. The summed E-state index contributed by atoms with van der Waals surface area (Å²) in [6.07, 6.45) is 2.24. The van der Waals surface area contributed by atoms with Gasteiger partial charge in [-0.25, -0.2) is 0 Å². The quantitative estimate of drug-likeness (QED) is 0.516. The van der Waals surface area contributed by atoms with Gasteiger partial charge in [0.1, 0.15) is 0 Å². The zero-order chi connectivity index (χ0) is 8.91. The summed E-state index contributed by atoms with van der Waals surface area (Å²) in [5.74, 6) is 0. The molecule has 0 unspecified atom stereocenters. The lowest BCUT2D eigenvalue weighted by atomic mass is 10.6. The van der Waals surface area contributed by atoms with Crippen molar-refractivity contribution >= 4 is 59.3 Å². The molecular formula is C6H13Br3Si2. The minimum Gasteiger partial charge on any atom is -0.0964 e. The van der Waals surface area contributed by atoms with Crippen molar-refractivity contribution in [3.63, 3.8) is 0 Å². The molecule has 0 atom stereocenters. The first-order valence-corrected chi connectivity index (χ1v) is 14.3. The lowest BCUT2D eigenvalue weighted by Gasteiger charge is -2.07. The SMILES string of the molecule is CC=C(C)[SiH2]CC[Si](Br)(Br)Br. The van der Waals surface area contributed by atoms with Crippen LogP contribution in [0.25, 0.3) is 0 Å². The highest BCUT2D eigenvalue weighted by Gasteiger charge is 2.20. The molecule has 66 valence electrons. The van der Waals surface area contributed by atoms with E-state index in [9.17, 15) is 0 Å². The Balaban J connectivity index is 3.43. The van der Waals surface area contributed by atoms with Gasteiger partial charge in [-0.15, -0.1) is 0 Å². The van der Waals surface area contributed by atoms with Crippen LogP contribution in [0, 0.1) is 0 Å². The van der Waals surface area contributed by atoms with Crippen molar-refractivity contribution in [3.8, 4) is 0 Å². The highest BCUT2D eigenvalue weighted by Crippen LogP contribution is 2.33. The fourth-order valence-electron chi connectivity index (χ4n) is 0.712. The lowest BCUT2D eigenvalue weighted by Crippen LogP contribution is -2.07. The van der Waals surface area contributed by atoms with Gasteiger partial charge >= 0.3 is 0 Å². The van der Waals surface area contributed by atoms with Crippen LogP contribution >= 0.6 is 45.9 Å². The molecule has 0 heterocycles. The second kappa shape index (κ2) is 6.13. The number of halogens is 3. The Bertz CT molecular complexity index is 139. The molecule has 0 radical (unpaired) electrons. The fraction of sp³-hybridized carbons (Fsp3) is 0.667. The van der Waals surface area contributed by atoms with Crippen LogP contribution in [0.3, 0.4) is 0 Å². The van der Waals surface area contributed by atoms with Crippen molar-refractivity contribution in [1.82, 2.24) is 0 Å². The van der Waals surface area contributed by atoms with Gasteiger partial charge in [0.25, 0.3) is 3.93 Å². The van der Waals surface area contributed by atoms with E-state index in [0.717, 1.165) is 0 Å². The Kier molecular flexibility index (Phi) is 7.02. The van der Waals surface area contributed by atoms with Gasteiger partial charge in [-0.05, 0) is 19.9 Å². The molecule has 0 aromatic heterocycles. The largest absolute Gasteiger partial charge is 0.267 e. The number of rotatable bonds is 4. The van der Waals surface area contributed by atoms with Crippen LogP contribution in [0.5, 0.6) is 0 Å². The summed E-state index contributed by atoms with van der Waals surface area (Å²) >= 11 is 10.9. The molecule has 0 aromatic carbocycles. The predicted octanol–water partition coefficient (Wildman–Crippen LogP) is 3.62. The average Bonchev–Trinajstić information content (AvgIpc) is 1.85. The summed E-state index contributed by atoms with van der Waals surface area (Å²) in [6.45, 7) is 4.37. The summed E-state index contributed by atoms with van der Waals surface area (Å²) < 4.78 is -1.29. The normalized spacial score (nSPS) is 14.8. The molecule has 0 saturated carbocycles. The Labute approximate surface area is 95.8 Å². The molecule has 0 N–H and O–H groups in total. The fourth-order valence-corrected chi connectivity index (χ4v) is 11.4. The van der Waals surface area contributed by atoms with Crippen molar-refractivity contribution in [1.29, 1.82) is 0 Å². The second-order valence-corrected chi connectivity index (χ2v) is 28.4. The highest BCUT2D eigenvalue weighted by atomic mass is 80.0. The van der Waals surface area contributed by atoms with Gasteiger partial charge in [0.2, 0.25) is 0 Å². The molecule has 5 heteroatoms. The van der Waals surface area contributed by atoms with Gasteiger partial charge in [-0.3, -0.25) is 0 Å². The minimum atomic E-state index is -1.29. The van der Waals surface area contributed by atoms with Crippen molar-refractivity contribution in [2.24, 2.45) is 0 Å². The average molecular weight is 381 g/mol. The Morgan fingerprint density at radius 2 is 2.00 bits per heavy atom. The van der Waals surface area contributed by atoms with Gasteiger partial charge in [0, 0.05) is 9.52 Å². The monoisotopic (exact) mass is 378 g/mol. The van der Waals surface area contributed by atoms with Crippen LogP contribution in [0.15, 0.2) is 11.3 Å². The molecule has 0 bridgehead atoms. The molecule has 0 aromatic rings. The smallest absolute Gasteiger partial charge is 0.0964 e. The maximum absolute atomic E-state index is 3.63. The molecule has 0 saturated heterocycles. The summed E-state index contributed by atoms with van der Waals surface area (Å²) in [5.41, 5.74) is 0. The lowest BCUT2D eigenvalue weighted by molar-refractivity contribution is 1.40. The standard InChI is InChI=1S/C6H13Br3Si2/c1-3-6(2)10-4-5-11(7,8)9/h3H,4-5,10H2,1-2H3. The van der Waals surface area contributed by atoms with Crippen molar-refractivity contribution in [2.45, 2.75) is 25.9 Å². The zero-order valence-corrected chi connectivity index (χ0v) is 14.0. The number of allylic oxidation sites excluding steroid dienone is 2. The third kappa shape index (κ3) is 9.53. The molecule has 11 heavy (non-hydrogen) atoms. The summed E-state index contributed by atoms with van der Waals surface area (Å²) in [4.78, 5) is 0. The van der Waals surface area contributed by atoms with E-state index in [0.29, 0.717) is 0 Å². The molecule has 0 aliphatic heterocycles. The molecule has 0 rings (SSSR count). The van der Waals surface area contributed by atoms with Crippen LogP contribution in [-0.2, 0) is 0 Å². The molecule has 0 amide bonds. The Morgan fingerprint density at radius 1 is 1.45 bits per heavy atom. The first-order valence-electron chi connectivity index (χ1n) is 3.64. The van der Waals surface area contributed by atoms with Gasteiger partial charge in [0.05, 0.1) is 0 Å². The summed E-state index contributed by atoms with van der Waals surface area (Å²) in [5, 5.41) is 1.62. The van der Waals surface area contributed by atoms with Crippen LogP contribution in [0.4, 0.5) is 0 Å². The van der Waals surface area contributed by atoms with Crippen molar-refractivity contribution in [2.75, 3.05) is 0 Å². The van der Waals surface area contributed by atoms with Crippen molar-refractivity contribution in [3.05, 3.63) is 11.3 Å². The van der Waals surface area contributed by atoms with E-state index in [1.807, 2.05) is 0 Å².